The second-order valence-electron chi connectivity index (χ2n) is 4.56. The summed E-state index contributed by atoms with van der Waals surface area (Å²) in [7, 11) is 1.61. The number of ether oxygens (including phenoxy) is 1. The van der Waals surface area contributed by atoms with Gasteiger partial charge in [-0.05, 0) is 42.0 Å². The molecule has 0 unspecified atom stereocenters. The molecule has 106 valence electrons. The SMILES string of the molecule is COc1ccc(-n2ncc(-c3ccc(F)cc3)c2N)cc1. The van der Waals surface area contributed by atoms with E-state index < -0.39 is 0 Å². The topological polar surface area (TPSA) is 53.1 Å². The third-order valence-corrected chi connectivity index (χ3v) is 3.28. The highest BCUT2D eigenvalue weighted by Crippen LogP contribution is 2.28. The van der Waals surface area contributed by atoms with Crippen molar-refractivity contribution in [3.63, 3.8) is 0 Å². The molecule has 0 aliphatic carbocycles. The van der Waals surface area contributed by atoms with Gasteiger partial charge < -0.3 is 10.5 Å². The van der Waals surface area contributed by atoms with Crippen molar-refractivity contribution in [2.24, 2.45) is 0 Å². The van der Waals surface area contributed by atoms with Gasteiger partial charge in [0.1, 0.15) is 17.4 Å². The molecule has 3 rings (SSSR count). The molecule has 21 heavy (non-hydrogen) atoms. The van der Waals surface area contributed by atoms with Gasteiger partial charge in [0, 0.05) is 5.56 Å². The molecular formula is C16H14FN3O. The Hall–Kier alpha value is -2.82. The summed E-state index contributed by atoms with van der Waals surface area (Å²) in [5, 5.41) is 4.30. The summed E-state index contributed by atoms with van der Waals surface area (Å²) in [5.74, 6) is 0.995. The van der Waals surface area contributed by atoms with Crippen molar-refractivity contribution in [1.29, 1.82) is 0 Å². The fourth-order valence-corrected chi connectivity index (χ4v) is 2.14. The third kappa shape index (κ3) is 2.45. The van der Waals surface area contributed by atoms with Crippen molar-refractivity contribution in [3.8, 4) is 22.6 Å². The average molecular weight is 283 g/mol. The van der Waals surface area contributed by atoms with Crippen molar-refractivity contribution >= 4 is 5.82 Å². The number of rotatable bonds is 3. The molecule has 0 bridgehead atoms. The summed E-state index contributed by atoms with van der Waals surface area (Å²) < 4.78 is 19.7. The lowest BCUT2D eigenvalue weighted by molar-refractivity contribution is 0.414. The van der Waals surface area contributed by atoms with Crippen LogP contribution in [-0.2, 0) is 0 Å². The van der Waals surface area contributed by atoms with E-state index >= 15 is 0 Å². The largest absolute Gasteiger partial charge is 0.497 e. The second-order valence-corrected chi connectivity index (χ2v) is 4.56. The number of hydrogen-bond donors (Lipinski definition) is 1. The Kier molecular flexibility index (Phi) is 3.31. The summed E-state index contributed by atoms with van der Waals surface area (Å²) >= 11 is 0. The molecule has 0 aliphatic rings. The van der Waals surface area contributed by atoms with Gasteiger partial charge in [-0.3, -0.25) is 0 Å². The van der Waals surface area contributed by atoms with Gasteiger partial charge in [-0.2, -0.15) is 5.10 Å². The second kappa shape index (κ2) is 5.28. The first-order valence-corrected chi connectivity index (χ1v) is 6.43. The van der Waals surface area contributed by atoms with Gasteiger partial charge in [0.05, 0.1) is 19.0 Å². The molecule has 0 spiro atoms. The molecule has 0 atom stereocenters. The lowest BCUT2D eigenvalue weighted by atomic mass is 10.1. The predicted octanol–water partition coefficient (Wildman–Crippen LogP) is 3.27. The zero-order valence-corrected chi connectivity index (χ0v) is 11.5. The van der Waals surface area contributed by atoms with Gasteiger partial charge in [-0.15, -0.1) is 0 Å². The van der Waals surface area contributed by atoms with Gasteiger partial charge in [0.2, 0.25) is 0 Å². The van der Waals surface area contributed by atoms with Crippen LogP contribution in [0.5, 0.6) is 5.75 Å². The molecule has 1 heterocycles. The van der Waals surface area contributed by atoms with Crippen LogP contribution in [0, 0.1) is 5.82 Å². The van der Waals surface area contributed by atoms with E-state index in [0.717, 1.165) is 22.6 Å². The van der Waals surface area contributed by atoms with E-state index in [0.29, 0.717) is 5.82 Å². The lowest BCUT2D eigenvalue weighted by Gasteiger charge is -2.06. The molecule has 0 fully saturated rings. The highest BCUT2D eigenvalue weighted by molar-refractivity contribution is 5.74. The number of hydrogen-bond acceptors (Lipinski definition) is 3. The van der Waals surface area contributed by atoms with Crippen LogP contribution in [0.15, 0.2) is 54.7 Å². The molecular weight excluding hydrogens is 269 g/mol. The minimum atomic E-state index is -0.278. The number of methoxy groups -OCH3 is 1. The first-order chi connectivity index (χ1) is 10.2. The summed E-state index contributed by atoms with van der Waals surface area (Å²) in [6, 6.07) is 13.6. The number of nitrogens with zero attached hydrogens (tertiary/aromatic N) is 2. The Labute approximate surface area is 121 Å². The molecule has 2 aromatic carbocycles. The minimum absolute atomic E-state index is 0.278. The Morgan fingerprint density at radius 1 is 1.05 bits per heavy atom. The third-order valence-electron chi connectivity index (χ3n) is 3.28. The van der Waals surface area contributed by atoms with Crippen molar-refractivity contribution in [3.05, 3.63) is 60.5 Å². The van der Waals surface area contributed by atoms with Crippen LogP contribution < -0.4 is 10.5 Å². The summed E-state index contributed by atoms with van der Waals surface area (Å²) in [6.07, 6.45) is 1.67. The molecule has 1 aromatic heterocycles. The van der Waals surface area contributed by atoms with E-state index in [-0.39, 0.29) is 5.82 Å². The van der Waals surface area contributed by atoms with Crippen LogP contribution in [-0.4, -0.2) is 16.9 Å². The van der Waals surface area contributed by atoms with Crippen LogP contribution >= 0.6 is 0 Å². The van der Waals surface area contributed by atoms with Crippen LogP contribution in [0.1, 0.15) is 0 Å². The van der Waals surface area contributed by atoms with Crippen molar-refractivity contribution < 1.29 is 9.13 Å². The molecule has 0 radical (unpaired) electrons. The van der Waals surface area contributed by atoms with Gasteiger partial charge in [-0.25, -0.2) is 9.07 Å². The van der Waals surface area contributed by atoms with E-state index in [9.17, 15) is 4.39 Å². The van der Waals surface area contributed by atoms with Crippen LogP contribution in [0.2, 0.25) is 0 Å². The number of nitrogens with two attached hydrogens (primary N) is 1. The molecule has 0 aliphatic heterocycles. The predicted molar refractivity (Wildman–Crippen MR) is 79.9 cm³/mol. The van der Waals surface area contributed by atoms with E-state index in [1.807, 2.05) is 24.3 Å². The van der Waals surface area contributed by atoms with E-state index in [1.165, 1.54) is 12.1 Å². The Balaban J connectivity index is 2.00. The van der Waals surface area contributed by atoms with E-state index in [1.54, 1.807) is 30.1 Å². The van der Waals surface area contributed by atoms with Crippen molar-refractivity contribution in [2.75, 3.05) is 12.8 Å². The Morgan fingerprint density at radius 2 is 1.71 bits per heavy atom. The van der Waals surface area contributed by atoms with E-state index in [4.69, 9.17) is 10.5 Å². The van der Waals surface area contributed by atoms with Crippen molar-refractivity contribution in [2.45, 2.75) is 0 Å². The Bertz CT molecular complexity index is 748. The monoisotopic (exact) mass is 283 g/mol. The van der Waals surface area contributed by atoms with Crippen LogP contribution in [0.3, 0.4) is 0 Å². The summed E-state index contributed by atoms with van der Waals surface area (Å²) in [4.78, 5) is 0. The summed E-state index contributed by atoms with van der Waals surface area (Å²) in [5.41, 5.74) is 8.58. The maximum Gasteiger partial charge on any atom is 0.135 e. The van der Waals surface area contributed by atoms with E-state index in [2.05, 4.69) is 5.10 Å². The zero-order chi connectivity index (χ0) is 14.8. The number of benzene rings is 2. The fraction of sp³-hybridized carbons (Fsp3) is 0.0625. The van der Waals surface area contributed by atoms with Crippen LogP contribution in [0.25, 0.3) is 16.8 Å². The van der Waals surface area contributed by atoms with Crippen LogP contribution in [0.4, 0.5) is 10.2 Å². The highest BCUT2D eigenvalue weighted by Gasteiger charge is 2.11. The van der Waals surface area contributed by atoms with Gasteiger partial charge in [0.25, 0.3) is 0 Å². The van der Waals surface area contributed by atoms with Crippen molar-refractivity contribution in [1.82, 2.24) is 9.78 Å². The molecule has 0 saturated carbocycles. The normalized spacial score (nSPS) is 10.6. The fourth-order valence-electron chi connectivity index (χ4n) is 2.14. The molecule has 0 amide bonds. The Morgan fingerprint density at radius 3 is 2.33 bits per heavy atom. The average Bonchev–Trinajstić information content (AvgIpc) is 2.90. The number of halogens is 1. The quantitative estimate of drug-likeness (QED) is 0.802. The molecule has 4 nitrogen and oxygen atoms in total. The molecule has 2 N–H and O–H groups in total. The number of nitrogen functional groups attached to an aromatic ring is 1. The lowest BCUT2D eigenvalue weighted by Crippen LogP contribution is -2.02. The standard InChI is InChI=1S/C16H14FN3O/c1-21-14-8-6-13(7-9-14)20-16(18)15(10-19-20)11-2-4-12(17)5-3-11/h2-10H,18H2,1H3. The number of anilines is 1. The first kappa shape index (κ1) is 13.2. The summed E-state index contributed by atoms with van der Waals surface area (Å²) in [6.45, 7) is 0. The maximum atomic E-state index is 13.0. The maximum absolute atomic E-state index is 13.0. The minimum Gasteiger partial charge on any atom is -0.497 e. The van der Waals surface area contributed by atoms with Gasteiger partial charge >= 0.3 is 0 Å². The van der Waals surface area contributed by atoms with Gasteiger partial charge in [-0.1, -0.05) is 12.1 Å². The zero-order valence-electron chi connectivity index (χ0n) is 11.5. The van der Waals surface area contributed by atoms with Gasteiger partial charge in [0.15, 0.2) is 0 Å². The first-order valence-electron chi connectivity index (χ1n) is 6.43. The number of aromatic nitrogens is 2. The molecule has 0 saturated heterocycles. The molecule has 3 aromatic rings. The smallest absolute Gasteiger partial charge is 0.135 e. The highest BCUT2D eigenvalue weighted by atomic mass is 19.1. The molecule has 5 heteroatoms.